The van der Waals surface area contributed by atoms with Gasteiger partial charge in [-0.2, -0.15) is 0 Å². The highest BCUT2D eigenvalue weighted by Crippen LogP contribution is 2.56. The number of aromatic hydroxyl groups is 1. The summed E-state index contributed by atoms with van der Waals surface area (Å²) in [6.45, 7) is 7.13. The van der Waals surface area contributed by atoms with Crippen LogP contribution in [0.25, 0.3) is 0 Å². The van der Waals surface area contributed by atoms with Crippen LogP contribution < -0.4 is 4.74 Å². The number of phenols is 1. The molecule has 1 aliphatic heterocycles. The van der Waals surface area contributed by atoms with E-state index in [1.807, 2.05) is 26.8 Å². The van der Waals surface area contributed by atoms with Crippen molar-refractivity contribution in [3.8, 4) is 11.5 Å². The third-order valence-electron chi connectivity index (χ3n) is 7.78. The van der Waals surface area contributed by atoms with Crippen LogP contribution >= 0.6 is 0 Å². The maximum atomic E-state index is 13.6. The average molecular weight is 476 g/mol. The Hall–Kier alpha value is -3.48. The number of imide groups is 1. The minimum absolute atomic E-state index is 0.0541. The van der Waals surface area contributed by atoms with Crippen LogP contribution in [0, 0.1) is 17.8 Å². The summed E-state index contributed by atoms with van der Waals surface area (Å²) >= 11 is 0. The first-order valence-corrected chi connectivity index (χ1v) is 11.9. The molecule has 1 saturated heterocycles. The van der Waals surface area contributed by atoms with Crippen molar-refractivity contribution in [3.63, 3.8) is 0 Å². The number of ketones is 2. The first-order valence-electron chi connectivity index (χ1n) is 11.9. The number of amides is 2. The summed E-state index contributed by atoms with van der Waals surface area (Å²) in [7, 11) is 1.50. The Bertz CT molecular complexity index is 1290. The second-order valence-corrected chi connectivity index (χ2v) is 10.8. The van der Waals surface area contributed by atoms with E-state index in [0.29, 0.717) is 34.5 Å². The molecule has 1 fully saturated rings. The number of methoxy groups -OCH3 is 1. The molecule has 0 spiro atoms. The first-order chi connectivity index (χ1) is 16.5. The van der Waals surface area contributed by atoms with Crippen molar-refractivity contribution in [2.45, 2.75) is 52.0 Å². The number of rotatable bonds is 2. The number of carbonyl (C=O) groups excluding carboxylic acids is 4. The summed E-state index contributed by atoms with van der Waals surface area (Å²) in [5.41, 5.74) is 1.73. The number of hydrogen-bond acceptors (Lipinski definition) is 6. The van der Waals surface area contributed by atoms with E-state index in [2.05, 4.69) is 0 Å². The van der Waals surface area contributed by atoms with Crippen LogP contribution in [0.2, 0.25) is 0 Å². The number of phenolic OH excluding ortho intramolecular Hbond substituents is 1. The van der Waals surface area contributed by atoms with E-state index in [1.54, 1.807) is 19.1 Å². The quantitative estimate of drug-likeness (QED) is 0.398. The summed E-state index contributed by atoms with van der Waals surface area (Å²) in [6, 6.07) is 4.88. The lowest BCUT2D eigenvalue weighted by Crippen LogP contribution is -2.46. The predicted octanol–water partition coefficient (Wildman–Crippen LogP) is 3.63. The van der Waals surface area contributed by atoms with Crippen LogP contribution in [0.5, 0.6) is 11.5 Å². The number of Topliss-reactive ketones (excluding diaryl/α,β-unsaturated/α-hetero) is 1. The number of hydrogen-bond donors (Lipinski definition) is 1. The standard InChI is InChI=1S/C28H29NO6/c1-13-10-21(31)24-19(25(13)32)12-18-15(22(24)16-7-6-14(35-5)11-20(16)30)8-9-17-23(18)27(34)29(26(17)33)28(2,3)4/h6-8,10-11,17-18,22-23,30H,9,12H2,1-5H3/t17-,18+,22+,23-/m0/s1. The topological polar surface area (TPSA) is 101 Å². The molecular formula is C28H29NO6. The maximum absolute atomic E-state index is 13.6. The third-order valence-corrected chi connectivity index (χ3v) is 7.78. The Balaban J connectivity index is 1.70. The number of carbonyl (C=O) groups is 4. The molecule has 4 aliphatic rings. The van der Waals surface area contributed by atoms with Gasteiger partial charge >= 0.3 is 0 Å². The number of benzene rings is 1. The number of fused-ring (bicyclic) bond motifs is 3. The Morgan fingerprint density at radius 1 is 1.06 bits per heavy atom. The van der Waals surface area contributed by atoms with Crippen molar-refractivity contribution in [2.24, 2.45) is 17.8 Å². The van der Waals surface area contributed by atoms with Crippen LogP contribution in [0.15, 0.2) is 52.6 Å². The van der Waals surface area contributed by atoms with Crippen molar-refractivity contribution in [3.05, 3.63) is 58.2 Å². The van der Waals surface area contributed by atoms with Crippen LogP contribution in [-0.2, 0) is 19.2 Å². The molecule has 4 atom stereocenters. The van der Waals surface area contributed by atoms with Gasteiger partial charge in [-0.15, -0.1) is 0 Å². The highest BCUT2D eigenvalue weighted by Gasteiger charge is 2.58. The lowest BCUT2D eigenvalue weighted by Gasteiger charge is -2.42. The molecule has 0 bridgehead atoms. The third kappa shape index (κ3) is 3.32. The summed E-state index contributed by atoms with van der Waals surface area (Å²) in [5.74, 6) is -2.67. The first kappa shape index (κ1) is 23.3. The van der Waals surface area contributed by atoms with Gasteiger partial charge in [-0.25, -0.2) is 0 Å². The highest BCUT2D eigenvalue weighted by atomic mass is 16.5. The van der Waals surface area contributed by atoms with Gasteiger partial charge in [-0.3, -0.25) is 24.1 Å². The van der Waals surface area contributed by atoms with Crippen molar-refractivity contribution in [2.75, 3.05) is 7.11 Å². The van der Waals surface area contributed by atoms with Gasteiger partial charge in [0, 0.05) is 39.8 Å². The normalized spacial score (nSPS) is 28.4. The van der Waals surface area contributed by atoms with Crippen molar-refractivity contribution < 1.29 is 29.0 Å². The number of likely N-dealkylation sites (tertiary alicyclic amines) is 1. The molecule has 7 heteroatoms. The van der Waals surface area contributed by atoms with Crippen molar-refractivity contribution >= 4 is 23.4 Å². The minimum Gasteiger partial charge on any atom is -0.507 e. The molecule has 7 nitrogen and oxygen atoms in total. The second kappa shape index (κ2) is 7.77. The van der Waals surface area contributed by atoms with Gasteiger partial charge in [0.25, 0.3) is 0 Å². The van der Waals surface area contributed by atoms with Gasteiger partial charge in [-0.1, -0.05) is 17.7 Å². The average Bonchev–Trinajstić information content (AvgIpc) is 3.06. The summed E-state index contributed by atoms with van der Waals surface area (Å²) < 4.78 is 5.22. The molecule has 35 heavy (non-hydrogen) atoms. The van der Waals surface area contributed by atoms with Crippen LogP contribution in [0.4, 0.5) is 0 Å². The fourth-order valence-corrected chi connectivity index (χ4v) is 6.29. The second-order valence-electron chi connectivity index (χ2n) is 10.8. The predicted molar refractivity (Wildman–Crippen MR) is 128 cm³/mol. The zero-order chi connectivity index (χ0) is 25.4. The van der Waals surface area contributed by atoms with Crippen LogP contribution in [-0.4, -0.2) is 46.0 Å². The molecular weight excluding hydrogens is 446 g/mol. The van der Waals surface area contributed by atoms with E-state index in [9.17, 15) is 24.3 Å². The van der Waals surface area contributed by atoms with E-state index in [-0.39, 0.29) is 35.6 Å². The van der Waals surface area contributed by atoms with E-state index in [1.165, 1.54) is 24.2 Å². The smallest absolute Gasteiger partial charge is 0.234 e. The van der Waals surface area contributed by atoms with E-state index < -0.39 is 29.2 Å². The summed E-state index contributed by atoms with van der Waals surface area (Å²) in [5, 5.41) is 10.9. The van der Waals surface area contributed by atoms with Gasteiger partial charge in [0.15, 0.2) is 11.6 Å². The minimum atomic E-state index is -0.678. The van der Waals surface area contributed by atoms with Crippen molar-refractivity contribution in [1.82, 2.24) is 4.90 Å². The molecule has 0 saturated carbocycles. The lowest BCUT2D eigenvalue weighted by molar-refractivity contribution is -0.145. The van der Waals surface area contributed by atoms with Crippen LogP contribution in [0.1, 0.15) is 52.0 Å². The summed E-state index contributed by atoms with van der Waals surface area (Å²) in [4.78, 5) is 54.8. The lowest BCUT2D eigenvalue weighted by atomic mass is 9.59. The molecule has 1 N–H and O–H groups in total. The highest BCUT2D eigenvalue weighted by molar-refractivity contribution is 6.23. The van der Waals surface area contributed by atoms with Crippen LogP contribution in [0.3, 0.4) is 0 Å². The van der Waals surface area contributed by atoms with Gasteiger partial charge in [-0.05, 0) is 58.6 Å². The Morgan fingerprint density at radius 2 is 1.77 bits per heavy atom. The van der Waals surface area contributed by atoms with E-state index >= 15 is 0 Å². The molecule has 0 aromatic heterocycles. The molecule has 1 heterocycles. The Morgan fingerprint density at radius 3 is 2.40 bits per heavy atom. The molecule has 182 valence electrons. The molecule has 0 radical (unpaired) electrons. The largest absolute Gasteiger partial charge is 0.507 e. The summed E-state index contributed by atoms with van der Waals surface area (Å²) in [6.07, 6.45) is 3.90. The van der Waals surface area contributed by atoms with Gasteiger partial charge < -0.3 is 9.84 Å². The van der Waals surface area contributed by atoms with Gasteiger partial charge in [0.05, 0.1) is 18.9 Å². The van der Waals surface area contributed by atoms with Crippen molar-refractivity contribution in [1.29, 1.82) is 0 Å². The number of ether oxygens (including phenoxy) is 1. The van der Waals surface area contributed by atoms with E-state index in [0.717, 1.165) is 5.57 Å². The van der Waals surface area contributed by atoms with Gasteiger partial charge in [0.2, 0.25) is 11.8 Å². The SMILES string of the molecule is COc1ccc([C@H]2C3=CC[C@@H]4C(=O)N(C(C)(C)C)C(=O)[C@@H]4[C@@H]3CC3=C2C(=O)C=C(C)C3=O)c(O)c1. The monoisotopic (exact) mass is 475 g/mol. The zero-order valence-corrected chi connectivity index (χ0v) is 20.5. The Labute approximate surface area is 204 Å². The maximum Gasteiger partial charge on any atom is 0.234 e. The molecule has 1 aromatic rings. The van der Waals surface area contributed by atoms with Gasteiger partial charge in [0.1, 0.15) is 11.5 Å². The zero-order valence-electron chi connectivity index (χ0n) is 20.5. The fraction of sp³-hybridized carbons (Fsp3) is 0.429. The number of nitrogens with zero attached hydrogens (tertiary/aromatic N) is 1. The molecule has 5 rings (SSSR count). The Kier molecular flexibility index (Phi) is 5.16. The molecule has 1 aromatic carbocycles. The van der Waals surface area contributed by atoms with E-state index in [4.69, 9.17) is 4.74 Å². The molecule has 2 amide bonds. The fourth-order valence-electron chi connectivity index (χ4n) is 6.29. The molecule has 0 unspecified atom stereocenters. The number of allylic oxidation sites excluding steroid dienone is 6. The molecule has 3 aliphatic carbocycles.